The Balaban J connectivity index is 2.26. The first-order chi connectivity index (χ1) is 11.8. The van der Waals surface area contributed by atoms with E-state index < -0.39 is 22.7 Å². The average Bonchev–Trinajstić information content (AvgIpc) is 2.61. The molecule has 1 atom stereocenters. The van der Waals surface area contributed by atoms with E-state index in [0.29, 0.717) is 5.56 Å². The molecule has 0 N–H and O–H groups in total. The number of nitrogens with zero attached hydrogens (tertiary/aromatic N) is 1. The Morgan fingerprint density at radius 2 is 1.72 bits per heavy atom. The van der Waals surface area contributed by atoms with Crippen LogP contribution in [0.5, 0.6) is 5.75 Å². The van der Waals surface area contributed by atoms with E-state index in [1.165, 1.54) is 26.2 Å². The van der Waals surface area contributed by atoms with Crippen LogP contribution >= 0.6 is 15.9 Å². The highest BCUT2D eigenvalue weighted by molar-refractivity contribution is 9.10. The molecular weight excluding hydrogens is 394 g/mol. The Kier molecular flexibility index (Phi) is 5.87. The van der Waals surface area contributed by atoms with Crippen LogP contribution in [0, 0.1) is 10.1 Å². The molecule has 130 valence electrons. The monoisotopic (exact) mass is 407 g/mol. The lowest BCUT2D eigenvalue weighted by Gasteiger charge is -2.14. The maximum atomic E-state index is 12.4. The van der Waals surface area contributed by atoms with Crippen molar-refractivity contribution in [1.82, 2.24) is 0 Å². The first kappa shape index (κ1) is 18.6. The van der Waals surface area contributed by atoms with Crippen LogP contribution in [0.1, 0.15) is 27.6 Å². The zero-order chi connectivity index (χ0) is 18.6. The lowest BCUT2D eigenvalue weighted by molar-refractivity contribution is -0.386. The van der Waals surface area contributed by atoms with Crippen molar-refractivity contribution in [3.8, 4) is 5.75 Å². The normalized spacial score (nSPS) is 11.5. The molecule has 2 rings (SSSR count). The van der Waals surface area contributed by atoms with E-state index in [1.54, 1.807) is 24.3 Å². The highest BCUT2D eigenvalue weighted by Gasteiger charge is 2.24. The lowest BCUT2D eigenvalue weighted by atomic mass is 10.1. The largest absolute Gasteiger partial charge is 0.475 e. The number of ether oxygens (including phenoxy) is 2. The van der Waals surface area contributed by atoms with Crippen LogP contribution in [0.3, 0.4) is 0 Å². The van der Waals surface area contributed by atoms with E-state index in [-0.39, 0.29) is 17.1 Å². The Hall–Kier alpha value is -2.74. The van der Waals surface area contributed by atoms with Gasteiger partial charge in [-0.2, -0.15) is 0 Å². The summed E-state index contributed by atoms with van der Waals surface area (Å²) in [5.74, 6) is -1.12. The minimum Gasteiger partial charge on any atom is -0.475 e. The predicted molar refractivity (Wildman–Crippen MR) is 93.0 cm³/mol. The second-order valence-corrected chi connectivity index (χ2v) is 5.98. The molecule has 2 aromatic rings. The van der Waals surface area contributed by atoms with Crippen molar-refractivity contribution in [2.24, 2.45) is 0 Å². The van der Waals surface area contributed by atoms with Gasteiger partial charge in [-0.25, -0.2) is 4.79 Å². The molecule has 2 aromatic carbocycles. The van der Waals surface area contributed by atoms with Crippen LogP contribution in [-0.4, -0.2) is 29.9 Å². The van der Waals surface area contributed by atoms with Gasteiger partial charge in [0.05, 0.1) is 17.6 Å². The van der Waals surface area contributed by atoms with Gasteiger partial charge in [-0.05, 0) is 31.2 Å². The zero-order valence-electron chi connectivity index (χ0n) is 13.4. The Morgan fingerprint density at radius 1 is 1.12 bits per heavy atom. The number of methoxy groups -OCH3 is 1. The van der Waals surface area contributed by atoms with Gasteiger partial charge in [-0.15, -0.1) is 0 Å². The number of hydrogen-bond acceptors (Lipinski definition) is 6. The maximum absolute atomic E-state index is 12.4. The summed E-state index contributed by atoms with van der Waals surface area (Å²) in [7, 11) is 1.18. The van der Waals surface area contributed by atoms with E-state index in [2.05, 4.69) is 20.7 Å². The third-order valence-electron chi connectivity index (χ3n) is 3.38. The van der Waals surface area contributed by atoms with Gasteiger partial charge >= 0.3 is 11.7 Å². The maximum Gasteiger partial charge on any atom is 0.338 e. The molecule has 25 heavy (non-hydrogen) atoms. The molecule has 0 saturated heterocycles. The van der Waals surface area contributed by atoms with E-state index >= 15 is 0 Å². The van der Waals surface area contributed by atoms with Crippen molar-refractivity contribution in [1.29, 1.82) is 0 Å². The van der Waals surface area contributed by atoms with Crippen molar-refractivity contribution >= 4 is 33.4 Å². The summed E-state index contributed by atoms with van der Waals surface area (Å²) in [4.78, 5) is 34.4. The van der Waals surface area contributed by atoms with Crippen molar-refractivity contribution in [3.05, 3.63) is 68.2 Å². The number of nitro benzene ring substituents is 1. The smallest absolute Gasteiger partial charge is 0.338 e. The van der Waals surface area contributed by atoms with Gasteiger partial charge in [-0.3, -0.25) is 14.9 Å². The number of rotatable bonds is 6. The number of Topliss-reactive ketones (excluding diaryl/α,β-unsaturated/α-hetero) is 1. The topological polar surface area (TPSA) is 95.7 Å². The van der Waals surface area contributed by atoms with Gasteiger partial charge in [0, 0.05) is 16.1 Å². The molecule has 7 nitrogen and oxygen atoms in total. The van der Waals surface area contributed by atoms with Crippen molar-refractivity contribution in [2.45, 2.75) is 13.0 Å². The van der Waals surface area contributed by atoms with Crippen LogP contribution < -0.4 is 4.74 Å². The Morgan fingerprint density at radius 3 is 2.28 bits per heavy atom. The Bertz CT molecular complexity index is 818. The summed E-state index contributed by atoms with van der Waals surface area (Å²) in [5.41, 5.74) is 0.0244. The van der Waals surface area contributed by atoms with Crippen molar-refractivity contribution < 1.29 is 24.0 Å². The molecule has 0 aliphatic rings. The van der Waals surface area contributed by atoms with Crippen LogP contribution in [0.25, 0.3) is 0 Å². The van der Waals surface area contributed by atoms with Gasteiger partial charge in [0.15, 0.2) is 11.9 Å². The number of halogens is 1. The van der Waals surface area contributed by atoms with E-state index in [9.17, 15) is 19.7 Å². The third-order valence-corrected chi connectivity index (χ3v) is 3.91. The van der Waals surface area contributed by atoms with Gasteiger partial charge < -0.3 is 9.47 Å². The summed E-state index contributed by atoms with van der Waals surface area (Å²) < 4.78 is 10.8. The van der Waals surface area contributed by atoms with Crippen LogP contribution in [0.4, 0.5) is 5.69 Å². The second-order valence-electron chi connectivity index (χ2n) is 5.06. The lowest BCUT2D eigenvalue weighted by Crippen LogP contribution is -2.24. The number of carbonyl (C=O) groups is 2. The Labute approximate surface area is 151 Å². The fourth-order valence-electron chi connectivity index (χ4n) is 2.10. The molecule has 0 radical (unpaired) electrons. The van der Waals surface area contributed by atoms with E-state index in [0.717, 1.165) is 10.5 Å². The summed E-state index contributed by atoms with van der Waals surface area (Å²) in [6.45, 7) is 1.50. The minimum atomic E-state index is -0.941. The summed E-state index contributed by atoms with van der Waals surface area (Å²) in [6, 6.07) is 10.3. The number of hydrogen-bond donors (Lipinski definition) is 0. The molecule has 0 saturated carbocycles. The number of esters is 1. The predicted octanol–water partition coefficient (Wildman–Crippen LogP) is 3.79. The molecule has 0 unspecified atom stereocenters. The number of benzene rings is 2. The summed E-state index contributed by atoms with van der Waals surface area (Å²) in [6.07, 6.45) is -0.941. The van der Waals surface area contributed by atoms with Crippen LogP contribution in [0.15, 0.2) is 46.9 Å². The second kappa shape index (κ2) is 7.89. The fourth-order valence-corrected chi connectivity index (χ4v) is 2.36. The van der Waals surface area contributed by atoms with Gasteiger partial charge in [0.25, 0.3) is 0 Å². The molecule has 0 aromatic heterocycles. The molecule has 0 aliphatic heterocycles. The highest BCUT2D eigenvalue weighted by Crippen LogP contribution is 2.29. The van der Waals surface area contributed by atoms with Crippen molar-refractivity contribution in [2.75, 3.05) is 7.11 Å². The summed E-state index contributed by atoms with van der Waals surface area (Å²) in [5, 5.41) is 11.2. The summed E-state index contributed by atoms with van der Waals surface area (Å²) >= 11 is 3.28. The van der Waals surface area contributed by atoms with Gasteiger partial charge in [-0.1, -0.05) is 28.1 Å². The molecular formula is C17H14BrNO6. The third kappa shape index (κ3) is 4.42. The zero-order valence-corrected chi connectivity index (χ0v) is 15.0. The molecule has 0 fully saturated rings. The standard InChI is InChI=1S/C17H14BrNO6/c1-10(16(20)11-3-6-13(18)7-4-11)25-15-8-5-12(17(21)24-2)9-14(15)19(22)23/h3-10H,1-2H3/t10-/m1/s1. The number of ketones is 1. The van der Waals surface area contributed by atoms with Crippen LogP contribution in [0.2, 0.25) is 0 Å². The molecule has 0 heterocycles. The molecule has 0 amide bonds. The molecule has 0 bridgehead atoms. The SMILES string of the molecule is COC(=O)c1ccc(O[C@H](C)C(=O)c2ccc(Br)cc2)c([N+](=O)[O-])c1. The quantitative estimate of drug-likeness (QED) is 0.312. The first-order valence-electron chi connectivity index (χ1n) is 7.16. The molecule has 8 heteroatoms. The van der Waals surface area contributed by atoms with Gasteiger partial charge in [0.1, 0.15) is 0 Å². The van der Waals surface area contributed by atoms with Crippen LogP contribution in [-0.2, 0) is 4.74 Å². The molecule has 0 spiro atoms. The number of nitro groups is 1. The number of carbonyl (C=O) groups excluding carboxylic acids is 2. The minimum absolute atomic E-state index is 0.0217. The first-order valence-corrected chi connectivity index (χ1v) is 7.96. The average molecular weight is 408 g/mol. The highest BCUT2D eigenvalue weighted by atomic mass is 79.9. The van der Waals surface area contributed by atoms with Gasteiger partial charge in [0.2, 0.25) is 5.78 Å². The van der Waals surface area contributed by atoms with E-state index in [4.69, 9.17) is 4.74 Å². The van der Waals surface area contributed by atoms with E-state index in [1.807, 2.05) is 0 Å². The fraction of sp³-hybridized carbons (Fsp3) is 0.176. The molecule has 0 aliphatic carbocycles. The van der Waals surface area contributed by atoms with Crippen molar-refractivity contribution in [3.63, 3.8) is 0 Å².